The number of rotatable bonds is 4. The highest BCUT2D eigenvalue weighted by Crippen LogP contribution is 2.32. The molecule has 0 bridgehead atoms. The van der Waals surface area contributed by atoms with Crippen LogP contribution in [0.25, 0.3) is 11.0 Å². The van der Waals surface area contributed by atoms with Crippen LogP contribution in [-0.4, -0.2) is 56.5 Å². The van der Waals surface area contributed by atoms with Gasteiger partial charge in [-0.3, -0.25) is 4.79 Å². The smallest absolute Gasteiger partial charge is 0.230 e. The van der Waals surface area contributed by atoms with Crippen molar-refractivity contribution >= 4 is 34.4 Å². The van der Waals surface area contributed by atoms with Crippen molar-refractivity contribution in [2.75, 3.05) is 36.4 Å². The quantitative estimate of drug-likeness (QED) is 0.542. The first-order chi connectivity index (χ1) is 16.7. The van der Waals surface area contributed by atoms with E-state index in [9.17, 15) is 4.79 Å². The van der Waals surface area contributed by atoms with Crippen LogP contribution in [0.5, 0.6) is 0 Å². The van der Waals surface area contributed by atoms with Crippen LogP contribution < -0.4 is 10.2 Å². The second-order valence-electron chi connectivity index (χ2n) is 11.2. The van der Waals surface area contributed by atoms with E-state index in [1.165, 1.54) is 25.7 Å². The Morgan fingerprint density at radius 1 is 0.971 bits per heavy atom. The van der Waals surface area contributed by atoms with Gasteiger partial charge in [0.05, 0.1) is 11.9 Å². The maximum absolute atomic E-state index is 11.5. The van der Waals surface area contributed by atoms with Gasteiger partial charge < -0.3 is 19.7 Å². The van der Waals surface area contributed by atoms with Crippen molar-refractivity contribution in [2.45, 2.75) is 66.3 Å². The molecule has 0 unspecified atom stereocenters. The van der Waals surface area contributed by atoms with E-state index in [2.05, 4.69) is 70.8 Å². The van der Waals surface area contributed by atoms with Gasteiger partial charge in [-0.2, -0.15) is 4.98 Å². The van der Waals surface area contributed by atoms with E-state index in [1.807, 2.05) is 23.4 Å². The minimum absolute atomic E-state index is 0.142. The summed E-state index contributed by atoms with van der Waals surface area (Å²) in [6, 6.07) is 6.65. The van der Waals surface area contributed by atoms with Crippen LogP contribution in [0.3, 0.4) is 0 Å². The molecule has 4 heterocycles. The number of hydrogen-bond acceptors (Lipinski definition) is 6. The van der Waals surface area contributed by atoms with Crippen LogP contribution in [0.1, 0.15) is 66.3 Å². The van der Waals surface area contributed by atoms with E-state index in [-0.39, 0.29) is 5.91 Å². The number of nitrogens with one attached hydrogen (secondary N) is 1. The minimum atomic E-state index is 0.142. The number of nitrogens with zero attached hydrogens (tertiary/aromatic N) is 6. The van der Waals surface area contributed by atoms with Gasteiger partial charge in [0.1, 0.15) is 11.5 Å². The summed E-state index contributed by atoms with van der Waals surface area (Å²) in [5.41, 5.74) is 2.55. The summed E-state index contributed by atoms with van der Waals surface area (Å²) >= 11 is 0. The molecule has 1 N–H and O–H groups in total. The Morgan fingerprint density at radius 3 is 2.26 bits per heavy atom. The molecular weight excluding hydrogens is 438 g/mol. The fraction of sp³-hybridized carbons (Fsp3) is 0.556. The maximum atomic E-state index is 11.5. The predicted octanol–water partition coefficient (Wildman–Crippen LogP) is 5.41. The summed E-state index contributed by atoms with van der Waals surface area (Å²) in [7, 11) is 0. The molecule has 1 saturated carbocycles. The average molecular weight is 478 g/mol. The Labute approximate surface area is 208 Å². The van der Waals surface area contributed by atoms with Gasteiger partial charge in [0, 0.05) is 56.9 Å². The molecule has 1 aliphatic heterocycles. The number of fused-ring (bicyclic) bond motifs is 1. The molecule has 0 aromatic carbocycles. The molecule has 1 amide bonds. The maximum Gasteiger partial charge on any atom is 0.230 e. The number of carbonyl (C=O) groups is 1. The first kappa shape index (κ1) is 24.9. The number of anilines is 3. The lowest BCUT2D eigenvalue weighted by atomic mass is 10.0. The van der Waals surface area contributed by atoms with Gasteiger partial charge in [-0.25, -0.2) is 9.97 Å². The molecule has 8 heteroatoms. The van der Waals surface area contributed by atoms with Crippen molar-refractivity contribution in [2.24, 2.45) is 5.41 Å². The summed E-state index contributed by atoms with van der Waals surface area (Å²) in [5, 5.41) is 4.31. The zero-order chi connectivity index (χ0) is 25.0. The van der Waals surface area contributed by atoms with Crippen molar-refractivity contribution in [3.8, 4) is 0 Å². The molecule has 0 spiro atoms. The zero-order valence-electron chi connectivity index (χ0n) is 21.8. The fourth-order valence-corrected chi connectivity index (χ4v) is 4.52. The minimum Gasteiger partial charge on any atom is -0.367 e. The normalized spacial score (nSPS) is 16.8. The van der Waals surface area contributed by atoms with Gasteiger partial charge >= 0.3 is 0 Å². The largest absolute Gasteiger partial charge is 0.367 e. The van der Waals surface area contributed by atoms with E-state index in [1.54, 1.807) is 6.92 Å². The molecule has 188 valence electrons. The van der Waals surface area contributed by atoms with Gasteiger partial charge in [-0.15, -0.1) is 0 Å². The molecule has 0 atom stereocenters. The molecule has 35 heavy (non-hydrogen) atoms. The molecule has 1 saturated heterocycles. The number of hydrogen-bond donors (Lipinski definition) is 1. The van der Waals surface area contributed by atoms with Crippen LogP contribution in [0.4, 0.5) is 17.5 Å². The summed E-state index contributed by atoms with van der Waals surface area (Å²) in [4.78, 5) is 29.4. The van der Waals surface area contributed by atoms with Crippen LogP contribution in [0.2, 0.25) is 0 Å². The number of piperazine rings is 1. The predicted molar refractivity (Wildman–Crippen MR) is 142 cm³/mol. The van der Waals surface area contributed by atoms with Crippen LogP contribution in [0, 0.1) is 5.41 Å². The number of aromatic nitrogens is 4. The number of pyridine rings is 1. The molecule has 2 fully saturated rings. The van der Waals surface area contributed by atoms with Crippen molar-refractivity contribution in [3.05, 3.63) is 36.8 Å². The third-order valence-electron chi connectivity index (χ3n) is 6.25. The third kappa shape index (κ3) is 6.71. The highest BCUT2D eigenvalue weighted by Gasteiger charge is 2.20. The van der Waals surface area contributed by atoms with E-state index >= 15 is 0 Å². The third-order valence-corrected chi connectivity index (χ3v) is 6.25. The average Bonchev–Trinajstić information content (AvgIpc) is 3.48. The van der Waals surface area contributed by atoms with Crippen molar-refractivity contribution < 1.29 is 4.79 Å². The Bertz CT molecular complexity index is 1110. The monoisotopic (exact) mass is 477 g/mol. The second-order valence-corrected chi connectivity index (χ2v) is 11.2. The first-order valence-electron chi connectivity index (χ1n) is 12.7. The van der Waals surface area contributed by atoms with Gasteiger partial charge in [0.2, 0.25) is 11.9 Å². The Hall–Kier alpha value is -3.16. The summed E-state index contributed by atoms with van der Waals surface area (Å²) in [5.74, 6) is 1.43. The fourth-order valence-electron chi connectivity index (χ4n) is 4.52. The van der Waals surface area contributed by atoms with Crippen LogP contribution >= 0.6 is 0 Å². The summed E-state index contributed by atoms with van der Waals surface area (Å²) < 4.78 is 2.30. The van der Waals surface area contributed by atoms with Crippen LogP contribution in [-0.2, 0) is 4.79 Å². The highest BCUT2D eigenvalue weighted by molar-refractivity contribution is 5.77. The van der Waals surface area contributed by atoms with Crippen molar-refractivity contribution in [1.29, 1.82) is 0 Å². The van der Waals surface area contributed by atoms with E-state index in [0.29, 0.717) is 17.4 Å². The zero-order valence-corrected chi connectivity index (χ0v) is 21.8. The number of amides is 1. The lowest BCUT2D eigenvalue weighted by molar-refractivity contribution is -0.129. The molecule has 8 nitrogen and oxygen atoms in total. The highest BCUT2D eigenvalue weighted by atomic mass is 16.2. The Balaban J connectivity index is 0.000000527. The molecule has 3 aromatic heterocycles. The topological polar surface area (TPSA) is 79.2 Å². The van der Waals surface area contributed by atoms with Crippen LogP contribution in [0.15, 0.2) is 36.8 Å². The Morgan fingerprint density at radius 2 is 1.66 bits per heavy atom. The first-order valence-corrected chi connectivity index (χ1v) is 12.7. The van der Waals surface area contributed by atoms with Gasteiger partial charge in [0.25, 0.3) is 0 Å². The SMILES string of the molecule is CC(=O)N1CCN(c2ccc(Nc3ncc4ccn(C5CCCC5)c4n3)nc2)CC1.CC(C)(C)C. The van der Waals surface area contributed by atoms with E-state index in [4.69, 9.17) is 4.98 Å². The Kier molecular flexibility index (Phi) is 7.57. The van der Waals surface area contributed by atoms with E-state index < -0.39 is 0 Å². The molecule has 5 rings (SSSR count). The molecule has 2 aliphatic rings. The summed E-state index contributed by atoms with van der Waals surface area (Å²) in [6.07, 6.45) is 10.9. The molecule has 1 aliphatic carbocycles. The lowest BCUT2D eigenvalue weighted by Crippen LogP contribution is -2.48. The van der Waals surface area contributed by atoms with Gasteiger partial charge in [-0.05, 0) is 36.5 Å². The van der Waals surface area contributed by atoms with E-state index in [0.717, 1.165) is 48.7 Å². The standard InChI is InChI=1S/C22H27N7O.C5H12/c1-16(30)27-10-12-28(13-11-27)19-6-7-20(23-15-19)25-22-24-14-17-8-9-29(21(17)26-22)18-4-2-3-5-18;1-5(2,3)4/h6-9,14-15,18H,2-5,10-13H2,1H3,(H,23,24,25,26);1-4H3. The molecule has 3 aromatic rings. The number of carbonyl (C=O) groups excluding carboxylic acids is 1. The summed E-state index contributed by atoms with van der Waals surface area (Å²) in [6.45, 7) is 13.5. The van der Waals surface area contributed by atoms with Crippen molar-refractivity contribution in [1.82, 2.24) is 24.4 Å². The second kappa shape index (κ2) is 10.6. The van der Waals surface area contributed by atoms with Crippen molar-refractivity contribution in [3.63, 3.8) is 0 Å². The van der Waals surface area contributed by atoms with Gasteiger partial charge in [0.15, 0.2) is 0 Å². The van der Waals surface area contributed by atoms with Gasteiger partial charge in [-0.1, -0.05) is 40.5 Å². The molecular formula is C27H39N7O. The lowest BCUT2D eigenvalue weighted by Gasteiger charge is -2.35. The molecule has 0 radical (unpaired) electrons.